The van der Waals surface area contributed by atoms with Gasteiger partial charge in [0.25, 0.3) is 0 Å². The normalized spacial score (nSPS) is 11.6. The van der Waals surface area contributed by atoms with Crippen molar-refractivity contribution in [1.29, 1.82) is 0 Å². The highest BCUT2D eigenvalue weighted by Crippen LogP contribution is 2.24. The van der Waals surface area contributed by atoms with Crippen LogP contribution >= 0.6 is 0 Å². The van der Waals surface area contributed by atoms with E-state index in [0.29, 0.717) is 12.2 Å². The van der Waals surface area contributed by atoms with Crippen molar-refractivity contribution in [2.24, 2.45) is 5.41 Å². The van der Waals surface area contributed by atoms with E-state index < -0.39 is 5.97 Å². The van der Waals surface area contributed by atoms with Crippen LogP contribution in [0.3, 0.4) is 0 Å². The van der Waals surface area contributed by atoms with E-state index in [4.69, 9.17) is 5.11 Å². The molecule has 0 aromatic rings. The lowest BCUT2D eigenvalue weighted by atomic mass is 9.83. The van der Waals surface area contributed by atoms with Gasteiger partial charge in [-0.3, -0.25) is 9.59 Å². The van der Waals surface area contributed by atoms with Crippen molar-refractivity contribution in [1.82, 2.24) is 0 Å². The van der Waals surface area contributed by atoms with Gasteiger partial charge in [0.15, 0.2) is 0 Å². The van der Waals surface area contributed by atoms with Gasteiger partial charge >= 0.3 is 5.97 Å². The van der Waals surface area contributed by atoms with Crippen LogP contribution in [0.4, 0.5) is 0 Å². The molecule has 0 rings (SSSR count). The van der Waals surface area contributed by atoms with Crippen molar-refractivity contribution in [3.8, 4) is 0 Å². The SMILES string of the molecule is CCC(C)(C)C(=O)CCCCCCCCCCCCCCC(=O)O. The zero-order valence-electron chi connectivity index (χ0n) is 16.4. The van der Waals surface area contributed by atoms with Gasteiger partial charge in [0.1, 0.15) is 5.78 Å². The van der Waals surface area contributed by atoms with E-state index in [9.17, 15) is 9.59 Å². The molecule has 0 unspecified atom stereocenters. The summed E-state index contributed by atoms with van der Waals surface area (Å²) in [6, 6.07) is 0. The molecule has 24 heavy (non-hydrogen) atoms. The quantitative estimate of drug-likeness (QED) is 0.306. The number of aliphatic carboxylic acids is 1. The van der Waals surface area contributed by atoms with Crippen molar-refractivity contribution in [2.75, 3.05) is 0 Å². The van der Waals surface area contributed by atoms with Gasteiger partial charge in [-0.2, -0.15) is 0 Å². The van der Waals surface area contributed by atoms with Crippen molar-refractivity contribution in [3.63, 3.8) is 0 Å². The van der Waals surface area contributed by atoms with Crippen LogP contribution in [0, 0.1) is 5.41 Å². The predicted octanol–water partition coefficient (Wildman–Crippen LogP) is 6.54. The fourth-order valence-electron chi connectivity index (χ4n) is 2.87. The fourth-order valence-corrected chi connectivity index (χ4v) is 2.87. The largest absolute Gasteiger partial charge is 0.481 e. The molecule has 0 aliphatic heterocycles. The van der Waals surface area contributed by atoms with Crippen molar-refractivity contribution in [2.45, 2.75) is 117 Å². The molecule has 0 fully saturated rings. The highest BCUT2D eigenvalue weighted by Gasteiger charge is 2.23. The molecular formula is C21H40O3. The van der Waals surface area contributed by atoms with Crippen LogP contribution < -0.4 is 0 Å². The molecule has 0 saturated heterocycles. The summed E-state index contributed by atoms with van der Waals surface area (Å²) in [6.07, 6.45) is 16.3. The average molecular weight is 341 g/mol. The molecule has 0 heterocycles. The Bertz CT molecular complexity index is 334. The van der Waals surface area contributed by atoms with Crippen LogP contribution in [-0.2, 0) is 9.59 Å². The number of Topliss-reactive ketones (excluding diaryl/α,β-unsaturated/α-hetero) is 1. The van der Waals surface area contributed by atoms with Gasteiger partial charge in [-0.05, 0) is 19.3 Å². The zero-order valence-corrected chi connectivity index (χ0v) is 16.4. The Balaban J connectivity index is 3.23. The highest BCUT2D eigenvalue weighted by atomic mass is 16.4. The second kappa shape index (κ2) is 14.5. The molecule has 0 aliphatic carbocycles. The number of carbonyl (C=O) groups excluding carboxylic acids is 1. The minimum atomic E-state index is -0.673. The van der Waals surface area contributed by atoms with Crippen molar-refractivity contribution < 1.29 is 14.7 Å². The third-order valence-electron chi connectivity index (χ3n) is 5.18. The van der Waals surface area contributed by atoms with Crippen molar-refractivity contribution >= 4 is 11.8 Å². The minimum Gasteiger partial charge on any atom is -0.481 e. The summed E-state index contributed by atoms with van der Waals surface area (Å²) in [6.45, 7) is 6.21. The first-order valence-electron chi connectivity index (χ1n) is 10.1. The molecule has 142 valence electrons. The Hall–Kier alpha value is -0.860. The van der Waals surface area contributed by atoms with Crippen LogP contribution in [-0.4, -0.2) is 16.9 Å². The van der Waals surface area contributed by atoms with E-state index in [2.05, 4.69) is 20.8 Å². The zero-order chi connectivity index (χ0) is 18.3. The molecule has 0 aromatic heterocycles. The number of hydrogen-bond donors (Lipinski definition) is 1. The van der Waals surface area contributed by atoms with Gasteiger partial charge in [0.05, 0.1) is 0 Å². The standard InChI is InChI=1S/C21H40O3/c1-4-21(2,3)19(22)17-15-13-11-9-7-5-6-8-10-12-14-16-18-20(23)24/h4-18H2,1-3H3,(H,23,24). The number of unbranched alkanes of at least 4 members (excludes halogenated alkanes) is 11. The summed E-state index contributed by atoms with van der Waals surface area (Å²) >= 11 is 0. The molecule has 0 atom stereocenters. The van der Waals surface area contributed by atoms with E-state index in [1.807, 2.05) is 0 Å². The van der Waals surface area contributed by atoms with E-state index in [1.54, 1.807) is 0 Å². The fraction of sp³-hybridized carbons (Fsp3) is 0.905. The summed E-state index contributed by atoms with van der Waals surface area (Å²) in [5.41, 5.74) is -0.131. The van der Waals surface area contributed by atoms with Crippen LogP contribution in [0.5, 0.6) is 0 Å². The maximum atomic E-state index is 12.0. The van der Waals surface area contributed by atoms with Gasteiger partial charge in [-0.25, -0.2) is 0 Å². The Kier molecular flexibility index (Phi) is 14.0. The third kappa shape index (κ3) is 13.6. The first-order chi connectivity index (χ1) is 11.4. The number of carboxylic acids is 1. The highest BCUT2D eigenvalue weighted by molar-refractivity contribution is 5.83. The lowest BCUT2D eigenvalue weighted by Gasteiger charge is -2.20. The number of ketones is 1. The molecule has 0 amide bonds. The Morgan fingerprint density at radius 2 is 1.00 bits per heavy atom. The first kappa shape index (κ1) is 23.1. The number of rotatable bonds is 17. The number of carbonyl (C=O) groups is 2. The van der Waals surface area contributed by atoms with E-state index in [-0.39, 0.29) is 5.41 Å². The Labute approximate surface area is 149 Å². The van der Waals surface area contributed by atoms with Crippen LogP contribution in [0.1, 0.15) is 117 Å². The Morgan fingerprint density at radius 1 is 0.667 bits per heavy atom. The van der Waals surface area contributed by atoms with Gasteiger partial charge in [-0.15, -0.1) is 0 Å². The summed E-state index contributed by atoms with van der Waals surface area (Å²) in [7, 11) is 0. The van der Waals surface area contributed by atoms with Gasteiger partial charge in [-0.1, -0.05) is 85.0 Å². The predicted molar refractivity (Wildman–Crippen MR) is 101 cm³/mol. The molecule has 0 saturated carbocycles. The summed E-state index contributed by atoms with van der Waals surface area (Å²) < 4.78 is 0. The molecule has 0 aliphatic rings. The van der Waals surface area contributed by atoms with E-state index >= 15 is 0 Å². The summed E-state index contributed by atoms with van der Waals surface area (Å²) in [5.74, 6) is -0.248. The molecular weight excluding hydrogens is 300 g/mol. The van der Waals surface area contributed by atoms with Crippen molar-refractivity contribution in [3.05, 3.63) is 0 Å². The molecule has 0 spiro atoms. The lowest BCUT2D eigenvalue weighted by molar-refractivity contribution is -0.137. The topological polar surface area (TPSA) is 54.4 Å². The first-order valence-corrected chi connectivity index (χ1v) is 10.1. The monoisotopic (exact) mass is 340 g/mol. The molecule has 0 bridgehead atoms. The summed E-state index contributed by atoms with van der Waals surface area (Å²) in [4.78, 5) is 22.4. The smallest absolute Gasteiger partial charge is 0.303 e. The van der Waals surface area contributed by atoms with Gasteiger partial charge in [0.2, 0.25) is 0 Å². The molecule has 1 N–H and O–H groups in total. The average Bonchev–Trinajstić information content (AvgIpc) is 2.54. The van der Waals surface area contributed by atoms with Crippen LogP contribution in [0.15, 0.2) is 0 Å². The lowest BCUT2D eigenvalue weighted by Crippen LogP contribution is -2.22. The second-order valence-electron chi connectivity index (χ2n) is 7.80. The number of hydrogen-bond acceptors (Lipinski definition) is 2. The minimum absolute atomic E-state index is 0.131. The molecule has 3 nitrogen and oxygen atoms in total. The molecule has 0 radical (unpaired) electrons. The number of carboxylic acid groups (broad SMARTS) is 1. The molecule has 3 heteroatoms. The van der Waals surface area contributed by atoms with Gasteiger partial charge in [0, 0.05) is 18.3 Å². The van der Waals surface area contributed by atoms with E-state index in [1.165, 1.54) is 57.8 Å². The van der Waals surface area contributed by atoms with E-state index in [0.717, 1.165) is 32.1 Å². The molecule has 0 aromatic carbocycles. The maximum absolute atomic E-state index is 12.0. The third-order valence-corrected chi connectivity index (χ3v) is 5.18. The second-order valence-corrected chi connectivity index (χ2v) is 7.80. The van der Waals surface area contributed by atoms with Crippen LogP contribution in [0.25, 0.3) is 0 Å². The van der Waals surface area contributed by atoms with Crippen LogP contribution in [0.2, 0.25) is 0 Å². The Morgan fingerprint density at radius 3 is 1.33 bits per heavy atom. The maximum Gasteiger partial charge on any atom is 0.303 e. The van der Waals surface area contributed by atoms with Gasteiger partial charge < -0.3 is 5.11 Å². The summed E-state index contributed by atoms with van der Waals surface area (Å²) in [5, 5.41) is 8.55.